The van der Waals surface area contributed by atoms with Gasteiger partial charge in [-0.05, 0) is 35.7 Å². The number of benzene rings is 1. The maximum Gasteiger partial charge on any atom is 0.230 e. The molecule has 0 saturated heterocycles. The molecule has 0 bridgehead atoms. The van der Waals surface area contributed by atoms with Crippen molar-refractivity contribution in [3.8, 4) is 11.8 Å². The highest BCUT2D eigenvalue weighted by molar-refractivity contribution is 8.00. The highest BCUT2D eigenvalue weighted by Crippen LogP contribution is 2.26. The van der Waals surface area contributed by atoms with Crippen molar-refractivity contribution in [2.75, 3.05) is 12.9 Å². The number of nitrogens with zero attached hydrogens (tertiary/aromatic N) is 2. The maximum absolute atomic E-state index is 12.0. The van der Waals surface area contributed by atoms with Crippen molar-refractivity contribution >= 4 is 39.9 Å². The van der Waals surface area contributed by atoms with Crippen LogP contribution in [0.15, 0.2) is 46.8 Å². The topological polar surface area (TPSA) is 75.0 Å². The van der Waals surface area contributed by atoms with Crippen LogP contribution in [0.25, 0.3) is 10.9 Å². The van der Waals surface area contributed by atoms with Gasteiger partial charge in [0, 0.05) is 10.3 Å². The first-order valence-corrected chi connectivity index (χ1v) is 9.37. The summed E-state index contributed by atoms with van der Waals surface area (Å²) in [5.41, 5.74) is 1.22. The lowest BCUT2D eigenvalue weighted by atomic mass is 10.1. The molecular weight excluding hydrogens is 354 g/mol. The molecule has 0 aliphatic rings. The van der Waals surface area contributed by atoms with Crippen molar-refractivity contribution in [3.05, 3.63) is 52.2 Å². The van der Waals surface area contributed by atoms with E-state index in [9.17, 15) is 10.1 Å². The molecule has 126 valence electrons. The Kier molecular flexibility index (Phi) is 5.53. The van der Waals surface area contributed by atoms with Crippen LogP contribution in [0.2, 0.25) is 0 Å². The fourth-order valence-corrected chi connectivity index (χ4v) is 3.68. The second-order valence-electron chi connectivity index (χ2n) is 5.16. The van der Waals surface area contributed by atoms with Crippen LogP contribution in [0.1, 0.15) is 10.4 Å². The average Bonchev–Trinajstić information content (AvgIpc) is 3.17. The van der Waals surface area contributed by atoms with Crippen molar-refractivity contribution in [2.24, 2.45) is 0 Å². The van der Waals surface area contributed by atoms with Gasteiger partial charge in [0.15, 0.2) is 0 Å². The molecule has 25 heavy (non-hydrogen) atoms. The van der Waals surface area contributed by atoms with E-state index in [2.05, 4.69) is 16.4 Å². The van der Waals surface area contributed by atoms with Gasteiger partial charge in [-0.3, -0.25) is 4.79 Å². The number of carbonyl (C=O) groups is 1. The summed E-state index contributed by atoms with van der Waals surface area (Å²) in [5, 5.41) is 15.6. The zero-order valence-electron chi connectivity index (χ0n) is 13.5. The Hall–Kier alpha value is -2.56. The summed E-state index contributed by atoms with van der Waals surface area (Å²) in [4.78, 5) is 17.6. The first kappa shape index (κ1) is 17.3. The molecule has 0 unspecified atom stereocenters. The molecule has 2 heterocycles. The van der Waals surface area contributed by atoms with Gasteiger partial charge in [0.2, 0.25) is 5.91 Å². The molecule has 1 amide bonds. The molecule has 5 nitrogen and oxygen atoms in total. The van der Waals surface area contributed by atoms with E-state index in [-0.39, 0.29) is 11.7 Å². The first-order chi connectivity index (χ1) is 12.2. The van der Waals surface area contributed by atoms with Gasteiger partial charge in [-0.2, -0.15) is 5.26 Å². The molecule has 1 aromatic carbocycles. The molecule has 0 radical (unpaired) electrons. The molecule has 1 N–H and O–H groups in total. The third-order valence-corrected chi connectivity index (χ3v) is 5.35. The van der Waals surface area contributed by atoms with Gasteiger partial charge >= 0.3 is 0 Å². The predicted molar refractivity (Wildman–Crippen MR) is 99.9 cm³/mol. The number of ether oxygens (including phenoxy) is 1. The molecule has 3 aromatic rings. The van der Waals surface area contributed by atoms with Gasteiger partial charge in [-0.25, -0.2) is 4.98 Å². The van der Waals surface area contributed by atoms with Crippen LogP contribution in [-0.2, 0) is 11.3 Å². The third kappa shape index (κ3) is 4.29. The minimum absolute atomic E-state index is 0.0843. The lowest BCUT2D eigenvalue weighted by Crippen LogP contribution is -2.24. The van der Waals surface area contributed by atoms with Crippen molar-refractivity contribution in [3.63, 3.8) is 0 Å². The van der Waals surface area contributed by atoms with Gasteiger partial charge in [0.05, 0.1) is 30.5 Å². The van der Waals surface area contributed by atoms with Crippen molar-refractivity contribution < 1.29 is 9.53 Å². The fourth-order valence-electron chi connectivity index (χ4n) is 2.24. The van der Waals surface area contributed by atoms with E-state index in [1.54, 1.807) is 24.5 Å². The number of carbonyl (C=O) groups excluding carboxylic acids is 1. The Balaban J connectivity index is 1.69. The molecule has 0 saturated carbocycles. The van der Waals surface area contributed by atoms with E-state index >= 15 is 0 Å². The minimum Gasteiger partial charge on any atom is -0.497 e. The van der Waals surface area contributed by atoms with Gasteiger partial charge in [0.25, 0.3) is 0 Å². The summed E-state index contributed by atoms with van der Waals surface area (Å²) in [7, 11) is 1.60. The zero-order chi connectivity index (χ0) is 17.6. The van der Waals surface area contributed by atoms with Crippen LogP contribution >= 0.6 is 23.1 Å². The lowest BCUT2D eigenvalue weighted by molar-refractivity contribution is -0.118. The Morgan fingerprint density at radius 2 is 2.28 bits per heavy atom. The molecule has 2 aromatic heterocycles. The zero-order valence-corrected chi connectivity index (χ0v) is 15.1. The molecular formula is C18H15N3O2S2. The number of thiophene rings is 1. The summed E-state index contributed by atoms with van der Waals surface area (Å²) in [6.07, 6.45) is 0. The molecule has 0 aliphatic carbocycles. The number of fused-ring (bicyclic) bond motifs is 1. The normalized spacial score (nSPS) is 10.4. The summed E-state index contributed by atoms with van der Waals surface area (Å²) in [6.45, 7) is 0.521. The predicted octanol–water partition coefficient (Wildman–Crippen LogP) is 3.59. The van der Waals surface area contributed by atoms with Crippen molar-refractivity contribution in [1.29, 1.82) is 5.26 Å². The fraction of sp³-hybridized carbons (Fsp3) is 0.167. The van der Waals surface area contributed by atoms with E-state index in [0.29, 0.717) is 22.9 Å². The molecule has 0 spiro atoms. The molecule has 0 atom stereocenters. The van der Waals surface area contributed by atoms with Gasteiger partial charge in [0.1, 0.15) is 16.8 Å². The van der Waals surface area contributed by atoms with Crippen LogP contribution in [0.3, 0.4) is 0 Å². The van der Waals surface area contributed by atoms with Gasteiger partial charge < -0.3 is 10.1 Å². The number of rotatable bonds is 6. The van der Waals surface area contributed by atoms with E-state index in [4.69, 9.17) is 4.74 Å². The number of hydrogen-bond acceptors (Lipinski definition) is 6. The second-order valence-corrected chi connectivity index (χ2v) is 7.15. The smallest absolute Gasteiger partial charge is 0.230 e. The van der Waals surface area contributed by atoms with E-state index in [1.807, 2.05) is 35.7 Å². The third-order valence-electron chi connectivity index (χ3n) is 3.49. The number of nitriles is 1. The number of amides is 1. The first-order valence-electron chi connectivity index (χ1n) is 7.50. The number of thioether (sulfide) groups is 1. The molecule has 0 fully saturated rings. The SMILES string of the molecule is COc1ccc2nc(SCC(=O)NCc3cccs3)c(C#N)cc2c1. The number of aromatic nitrogens is 1. The Labute approximate surface area is 153 Å². The summed E-state index contributed by atoms with van der Waals surface area (Å²) in [5.74, 6) is 0.847. The quantitative estimate of drug-likeness (QED) is 0.672. The Morgan fingerprint density at radius 1 is 1.40 bits per heavy atom. The van der Waals surface area contributed by atoms with E-state index in [1.165, 1.54) is 11.8 Å². The summed E-state index contributed by atoms with van der Waals surface area (Å²) >= 11 is 2.87. The van der Waals surface area contributed by atoms with Crippen LogP contribution in [0, 0.1) is 11.3 Å². The molecule has 0 aliphatic heterocycles. The van der Waals surface area contributed by atoms with E-state index < -0.39 is 0 Å². The van der Waals surface area contributed by atoms with Crippen LogP contribution in [-0.4, -0.2) is 23.8 Å². The lowest BCUT2D eigenvalue weighted by Gasteiger charge is -2.07. The Morgan fingerprint density at radius 3 is 3.00 bits per heavy atom. The maximum atomic E-state index is 12.0. The highest BCUT2D eigenvalue weighted by atomic mass is 32.2. The highest BCUT2D eigenvalue weighted by Gasteiger charge is 2.11. The minimum atomic E-state index is -0.0843. The number of nitrogens with one attached hydrogen (secondary N) is 1. The second kappa shape index (κ2) is 8.01. The number of hydrogen-bond donors (Lipinski definition) is 1. The molecule has 7 heteroatoms. The standard InChI is InChI=1S/C18H15N3O2S2/c1-23-14-4-5-16-12(8-14)7-13(9-19)18(21-16)25-11-17(22)20-10-15-3-2-6-24-15/h2-8H,10-11H2,1H3,(H,20,22). The van der Waals surface area contributed by atoms with Crippen molar-refractivity contribution in [2.45, 2.75) is 11.6 Å². The van der Waals surface area contributed by atoms with Gasteiger partial charge in [-0.15, -0.1) is 11.3 Å². The van der Waals surface area contributed by atoms with E-state index in [0.717, 1.165) is 15.8 Å². The monoisotopic (exact) mass is 369 g/mol. The number of pyridine rings is 1. The Bertz CT molecular complexity index is 933. The van der Waals surface area contributed by atoms with Crippen LogP contribution in [0.5, 0.6) is 5.75 Å². The van der Waals surface area contributed by atoms with Crippen LogP contribution < -0.4 is 10.1 Å². The van der Waals surface area contributed by atoms with Gasteiger partial charge in [-0.1, -0.05) is 17.8 Å². The van der Waals surface area contributed by atoms with Crippen LogP contribution in [0.4, 0.5) is 0 Å². The molecule has 3 rings (SSSR count). The summed E-state index contributed by atoms with van der Waals surface area (Å²) in [6, 6.07) is 13.4. The summed E-state index contributed by atoms with van der Waals surface area (Å²) < 4.78 is 5.19. The van der Waals surface area contributed by atoms with Crippen molar-refractivity contribution in [1.82, 2.24) is 10.3 Å². The number of methoxy groups -OCH3 is 1. The largest absolute Gasteiger partial charge is 0.497 e. The average molecular weight is 369 g/mol.